The topological polar surface area (TPSA) is 95.5 Å². The number of hydrogen-bond acceptors (Lipinski definition) is 4. The van der Waals surface area contributed by atoms with Crippen LogP contribution < -0.4 is 0 Å². The second-order valence-corrected chi connectivity index (χ2v) is 7.32. The maximum absolute atomic E-state index is 12.0. The molecule has 0 bridgehead atoms. The number of esters is 1. The minimum absolute atomic E-state index is 0.0106. The molecule has 2 aromatic carbocycles. The van der Waals surface area contributed by atoms with Crippen LogP contribution in [0.15, 0.2) is 60.8 Å². The number of carbonyl (C=O) groups excluding carboxylic acids is 1. The quantitative estimate of drug-likeness (QED) is 0.625. The normalized spacial score (nSPS) is 18.8. The summed E-state index contributed by atoms with van der Waals surface area (Å²) in [6, 6.07) is 16.6. The third-order valence-corrected chi connectivity index (χ3v) is 5.56. The van der Waals surface area contributed by atoms with Gasteiger partial charge in [0.15, 0.2) is 0 Å². The number of nitrogens with zero attached hydrogens (tertiary/aromatic N) is 2. The van der Waals surface area contributed by atoms with E-state index in [9.17, 15) is 14.7 Å². The number of piperidine rings is 1. The van der Waals surface area contributed by atoms with Gasteiger partial charge in [0.1, 0.15) is 5.82 Å². The first-order valence-corrected chi connectivity index (χ1v) is 9.87. The second kappa shape index (κ2) is 8.41. The molecule has 7 nitrogen and oxygen atoms in total. The van der Waals surface area contributed by atoms with E-state index in [1.165, 1.54) is 12.0 Å². The zero-order chi connectivity index (χ0) is 21.1. The highest BCUT2D eigenvalue weighted by atomic mass is 16.5. The van der Waals surface area contributed by atoms with Gasteiger partial charge in [-0.15, -0.1) is 0 Å². The molecule has 7 heteroatoms. The smallest absolute Gasteiger partial charge is 0.407 e. The molecule has 2 atom stereocenters. The van der Waals surface area contributed by atoms with E-state index >= 15 is 0 Å². The Balaban J connectivity index is 1.71. The lowest BCUT2D eigenvalue weighted by Gasteiger charge is -2.38. The third kappa shape index (κ3) is 3.78. The van der Waals surface area contributed by atoms with Gasteiger partial charge in [0, 0.05) is 24.2 Å². The monoisotopic (exact) mass is 405 g/mol. The molecule has 1 aliphatic rings. The van der Waals surface area contributed by atoms with E-state index in [1.807, 2.05) is 36.4 Å². The highest BCUT2D eigenvalue weighted by Gasteiger charge is 2.38. The highest BCUT2D eigenvalue weighted by Crippen LogP contribution is 2.42. The number of benzene rings is 2. The molecule has 1 fully saturated rings. The molecule has 1 aliphatic heterocycles. The van der Waals surface area contributed by atoms with Crippen molar-refractivity contribution in [2.24, 2.45) is 0 Å². The molecule has 1 saturated heterocycles. The van der Waals surface area contributed by atoms with Crippen LogP contribution in [0.4, 0.5) is 4.79 Å². The van der Waals surface area contributed by atoms with Gasteiger partial charge in [0.25, 0.3) is 0 Å². The molecular formula is C23H23N3O4. The van der Waals surface area contributed by atoms with Crippen LogP contribution >= 0.6 is 0 Å². The Morgan fingerprint density at radius 1 is 1.17 bits per heavy atom. The summed E-state index contributed by atoms with van der Waals surface area (Å²) < 4.78 is 4.79. The van der Waals surface area contributed by atoms with Crippen molar-refractivity contribution in [2.45, 2.75) is 24.8 Å². The zero-order valence-corrected chi connectivity index (χ0v) is 16.6. The van der Waals surface area contributed by atoms with Crippen molar-refractivity contribution in [3.05, 3.63) is 77.7 Å². The van der Waals surface area contributed by atoms with Crippen molar-refractivity contribution in [3.63, 3.8) is 0 Å². The van der Waals surface area contributed by atoms with Gasteiger partial charge >= 0.3 is 12.1 Å². The molecule has 1 amide bonds. The number of ether oxygens (including phenoxy) is 1. The number of nitrogens with one attached hydrogen (secondary N) is 1. The predicted molar refractivity (Wildman–Crippen MR) is 111 cm³/mol. The number of aromatic amines is 1. The minimum Gasteiger partial charge on any atom is -0.465 e. The Labute approximate surface area is 174 Å². The Hall–Kier alpha value is -3.61. The average molecular weight is 405 g/mol. The molecule has 2 heterocycles. The van der Waals surface area contributed by atoms with E-state index < -0.39 is 18.1 Å². The number of aromatic nitrogens is 2. The van der Waals surface area contributed by atoms with Crippen LogP contribution in [-0.2, 0) is 4.74 Å². The average Bonchev–Trinajstić information content (AvgIpc) is 3.28. The fourth-order valence-corrected chi connectivity index (χ4v) is 4.16. The maximum Gasteiger partial charge on any atom is 0.407 e. The van der Waals surface area contributed by atoms with Gasteiger partial charge in [0.05, 0.1) is 24.4 Å². The second-order valence-electron chi connectivity index (χ2n) is 7.32. The summed E-state index contributed by atoms with van der Waals surface area (Å²) in [5, 5.41) is 9.82. The Morgan fingerprint density at radius 3 is 2.70 bits per heavy atom. The fourth-order valence-electron chi connectivity index (χ4n) is 4.16. The molecule has 2 unspecified atom stereocenters. The van der Waals surface area contributed by atoms with E-state index in [4.69, 9.17) is 9.72 Å². The number of imidazole rings is 1. The zero-order valence-electron chi connectivity index (χ0n) is 16.6. The van der Waals surface area contributed by atoms with Crippen molar-refractivity contribution < 1.29 is 19.4 Å². The van der Waals surface area contributed by atoms with Gasteiger partial charge in [0.2, 0.25) is 0 Å². The van der Waals surface area contributed by atoms with Gasteiger partial charge in [-0.1, -0.05) is 42.5 Å². The number of likely N-dealkylation sites (tertiary alicyclic amines) is 1. The summed E-state index contributed by atoms with van der Waals surface area (Å²) in [5.74, 6) is 0.196. The van der Waals surface area contributed by atoms with Crippen LogP contribution in [-0.4, -0.2) is 45.7 Å². The molecule has 0 aliphatic carbocycles. The molecule has 1 aromatic heterocycles. The Bertz CT molecular complexity index is 1050. The number of methoxy groups -OCH3 is 1. The number of carbonyl (C=O) groups is 2. The van der Waals surface area contributed by atoms with E-state index in [2.05, 4.69) is 4.98 Å². The standard InChI is InChI=1S/C23H23N3O4/c1-30-22(27)17-10-5-9-16(13-17)19-14-24-21(25-19)20-18(15-7-3-2-4-8-15)11-6-12-26(20)23(28)29/h2-5,7-10,13-14,18,20H,6,11-12H2,1H3,(H,24,25)(H,28,29). The fraction of sp³-hybridized carbons (Fsp3) is 0.261. The molecule has 0 saturated carbocycles. The van der Waals surface area contributed by atoms with Crippen LogP contribution in [0.3, 0.4) is 0 Å². The minimum atomic E-state index is -0.953. The van der Waals surface area contributed by atoms with E-state index in [1.54, 1.807) is 24.4 Å². The molecule has 4 rings (SSSR count). The summed E-state index contributed by atoms with van der Waals surface area (Å²) in [6.07, 6.45) is 2.48. The third-order valence-electron chi connectivity index (χ3n) is 5.56. The lowest BCUT2D eigenvalue weighted by molar-refractivity contribution is 0.0600. The highest BCUT2D eigenvalue weighted by molar-refractivity contribution is 5.90. The van der Waals surface area contributed by atoms with Crippen LogP contribution in [0.25, 0.3) is 11.3 Å². The summed E-state index contributed by atoms with van der Waals surface area (Å²) in [5.41, 5.74) is 2.94. The molecule has 0 spiro atoms. The van der Waals surface area contributed by atoms with Gasteiger partial charge in [-0.2, -0.15) is 0 Å². The number of carboxylic acid groups (broad SMARTS) is 1. The number of rotatable bonds is 4. The lowest BCUT2D eigenvalue weighted by Crippen LogP contribution is -2.41. The van der Waals surface area contributed by atoms with Crippen LogP contribution in [0.1, 0.15) is 46.5 Å². The lowest BCUT2D eigenvalue weighted by atomic mass is 9.83. The van der Waals surface area contributed by atoms with Crippen molar-refractivity contribution >= 4 is 12.1 Å². The molecule has 154 valence electrons. The Morgan fingerprint density at radius 2 is 1.97 bits per heavy atom. The van der Waals surface area contributed by atoms with Crippen molar-refractivity contribution in [2.75, 3.05) is 13.7 Å². The molecule has 0 radical (unpaired) electrons. The van der Waals surface area contributed by atoms with E-state index in [-0.39, 0.29) is 5.92 Å². The van der Waals surface area contributed by atoms with Crippen LogP contribution in [0, 0.1) is 0 Å². The van der Waals surface area contributed by atoms with E-state index in [0.29, 0.717) is 23.6 Å². The molecule has 3 aromatic rings. The molecule has 2 N–H and O–H groups in total. The molecular weight excluding hydrogens is 382 g/mol. The summed E-state index contributed by atoms with van der Waals surface area (Å²) >= 11 is 0. The SMILES string of the molecule is COC(=O)c1cccc(-c2c[nH]c(C3C(c4ccccc4)CCCN3C(=O)O)n2)c1. The predicted octanol–water partition coefficient (Wildman–Crippen LogP) is 4.46. The first kappa shape index (κ1) is 19.7. The van der Waals surface area contributed by atoms with Gasteiger partial charge < -0.3 is 14.8 Å². The van der Waals surface area contributed by atoms with Crippen LogP contribution in [0.5, 0.6) is 0 Å². The van der Waals surface area contributed by atoms with Gasteiger partial charge in [-0.3, -0.25) is 4.90 Å². The number of amides is 1. The molecule has 30 heavy (non-hydrogen) atoms. The largest absolute Gasteiger partial charge is 0.465 e. The summed E-state index contributed by atoms with van der Waals surface area (Å²) in [6.45, 7) is 0.469. The first-order valence-electron chi connectivity index (χ1n) is 9.87. The van der Waals surface area contributed by atoms with Crippen molar-refractivity contribution in [1.29, 1.82) is 0 Å². The van der Waals surface area contributed by atoms with Crippen LogP contribution in [0.2, 0.25) is 0 Å². The number of hydrogen-bond donors (Lipinski definition) is 2. The van der Waals surface area contributed by atoms with E-state index in [0.717, 1.165) is 24.0 Å². The first-order chi connectivity index (χ1) is 14.6. The van der Waals surface area contributed by atoms with Crippen molar-refractivity contribution in [1.82, 2.24) is 14.9 Å². The number of H-pyrrole nitrogens is 1. The van der Waals surface area contributed by atoms with Crippen molar-refractivity contribution in [3.8, 4) is 11.3 Å². The summed E-state index contributed by atoms with van der Waals surface area (Å²) in [4.78, 5) is 33.2. The summed E-state index contributed by atoms with van der Waals surface area (Å²) in [7, 11) is 1.34. The van der Waals surface area contributed by atoms with Gasteiger partial charge in [-0.25, -0.2) is 14.6 Å². The van der Waals surface area contributed by atoms with Gasteiger partial charge in [-0.05, 0) is 30.5 Å². The maximum atomic E-state index is 12.0. The Kier molecular flexibility index (Phi) is 5.52.